The van der Waals surface area contributed by atoms with Gasteiger partial charge in [-0.1, -0.05) is 36.4 Å². The average Bonchev–Trinajstić information content (AvgIpc) is 2.87. The first-order chi connectivity index (χ1) is 16.4. The van der Waals surface area contributed by atoms with E-state index in [0.717, 1.165) is 4.68 Å². The summed E-state index contributed by atoms with van der Waals surface area (Å²) in [5.74, 6) is -0.239. The Bertz CT molecular complexity index is 1450. The molecule has 0 bridgehead atoms. The van der Waals surface area contributed by atoms with Crippen LogP contribution in [0.4, 0.5) is 11.4 Å². The lowest BCUT2D eigenvalue weighted by molar-refractivity contribution is 0.101. The van der Waals surface area contributed by atoms with Crippen molar-refractivity contribution in [1.29, 1.82) is 0 Å². The van der Waals surface area contributed by atoms with Gasteiger partial charge < -0.3 is 20.1 Å². The fraction of sp³-hybridized carbons (Fsp3) is 0.120. The van der Waals surface area contributed by atoms with E-state index >= 15 is 0 Å². The van der Waals surface area contributed by atoms with E-state index in [-0.39, 0.29) is 17.2 Å². The van der Waals surface area contributed by atoms with Crippen LogP contribution < -0.4 is 25.7 Å². The van der Waals surface area contributed by atoms with Crippen LogP contribution in [-0.2, 0) is 7.05 Å². The van der Waals surface area contributed by atoms with E-state index in [1.807, 2.05) is 6.07 Å². The van der Waals surface area contributed by atoms with Gasteiger partial charge in [0.05, 0.1) is 31.0 Å². The van der Waals surface area contributed by atoms with Gasteiger partial charge in [-0.2, -0.15) is 5.10 Å². The Morgan fingerprint density at radius 1 is 0.794 bits per heavy atom. The largest absolute Gasteiger partial charge is 0.494 e. The van der Waals surface area contributed by atoms with Crippen molar-refractivity contribution < 1.29 is 19.1 Å². The molecular weight excluding hydrogens is 436 g/mol. The zero-order valence-corrected chi connectivity index (χ0v) is 18.8. The lowest BCUT2D eigenvalue weighted by atomic mass is 10.1. The summed E-state index contributed by atoms with van der Waals surface area (Å²) in [6.07, 6.45) is 0. The Balaban J connectivity index is 1.68. The highest BCUT2D eigenvalue weighted by Gasteiger charge is 2.20. The van der Waals surface area contributed by atoms with Gasteiger partial charge in [0.25, 0.3) is 17.4 Å². The molecule has 4 aromatic rings. The molecule has 2 amide bonds. The highest BCUT2D eigenvalue weighted by Crippen LogP contribution is 2.37. The molecule has 0 aliphatic rings. The summed E-state index contributed by atoms with van der Waals surface area (Å²) in [6.45, 7) is 0. The zero-order valence-electron chi connectivity index (χ0n) is 18.8. The molecule has 9 nitrogen and oxygen atoms in total. The number of carbonyl (C=O) groups excluding carboxylic acids is 2. The van der Waals surface area contributed by atoms with Gasteiger partial charge >= 0.3 is 0 Å². The molecule has 0 aliphatic heterocycles. The molecule has 0 saturated carbocycles. The highest BCUT2D eigenvalue weighted by molar-refractivity contribution is 6.12. The second-order valence-corrected chi connectivity index (χ2v) is 7.35. The van der Waals surface area contributed by atoms with Crippen LogP contribution in [0.3, 0.4) is 0 Å². The van der Waals surface area contributed by atoms with Gasteiger partial charge in [-0.3, -0.25) is 14.4 Å². The smallest absolute Gasteiger partial charge is 0.276 e. The number of fused-ring (bicyclic) bond motifs is 1. The topological polar surface area (TPSA) is 112 Å². The molecule has 0 unspecified atom stereocenters. The van der Waals surface area contributed by atoms with Crippen molar-refractivity contribution in [3.63, 3.8) is 0 Å². The van der Waals surface area contributed by atoms with Crippen molar-refractivity contribution in [2.24, 2.45) is 7.05 Å². The molecular formula is C25H22N4O5. The minimum Gasteiger partial charge on any atom is -0.494 e. The molecule has 0 fully saturated rings. The summed E-state index contributed by atoms with van der Waals surface area (Å²) < 4.78 is 12.0. The number of ether oxygens (including phenoxy) is 2. The molecule has 0 radical (unpaired) electrons. The van der Waals surface area contributed by atoms with Crippen LogP contribution >= 0.6 is 0 Å². The summed E-state index contributed by atoms with van der Waals surface area (Å²) in [6, 6.07) is 18.6. The van der Waals surface area contributed by atoms with E-state index in [9.17, 15) is 14.4 Å². The minimum atomic E-state index is -0.534. The first-order valence-corrected chi connectivity index (χ1v) is 10.3. The molecule has 4 rings (SSSR count). The fourth-order valence-electron chi connectivity index (χ4n) is 3.53. The molecule has 0 atom stereocenters. The number of nitrogens with one attached hydrogen (secondary N) is 2. The number of aryl methyl sites for hydroxylation is 1. The van der Waals surface area contributed by atoms with Gasteiger partial charge in [0.2, 0.25) is 0 Å². The van der Waals surface area contributed by atoms with Crippen LogP contribution in [0.5, 0.6) is 11.5 Å². The van der Waals surface area contributed by atoms with Crippen LogP contribution in [0, 0.1) is 0 Å². The lowest BCUT2D eigenvalue weighted by Gasteiger charge is -2.16. The summed E-state index contributed by atoms with van der Waals surface area (Å²) in [7, 11) is 4.38. The van der Waals surface area contributed by atoms with Crippen molar-refractivity contribution in [2.45, 2.75) is 0 Å². The van der Waals surface area contributed by atoms with Crippen LogP contribution in [0.25, 0.3) is 10.8 Å². The van der Waals surface area contributed by atoms with Crippen molar-refractivity contribution in [2.75, 3.05) is 24.9 Å². The number of nitrogens with zero attached hydrogens (tertiary/aromatic N) is 2. The Kier molecular flexibility index (Phi) is 6.26. The number of carbonyl (C=O) groups is 2. The Hall–Kier alpha value is -4.66. The number of methoxy groups -OCH3 is 2. The summed E-state index contributed by atoms with van der Waals surface area (Å²) in [4.78, 5) is 38.1. The Morgan fingerprint density at radius 2 is 1.32 bits per heavy atom. The normalized spacial score (nSPS) is 10.6. The second-order valence-electron chi connectivity index (χ2n) is 7.35. The number of amides is 2. The zero-order chi connectivity index (χ0) is 24.2. The van der Waals surface area contributed by atoms with Gasteiger partial charge in [-0.25, -0.2) is 4.68 Å². The van der Waals surface area contributed by atoms with E-state index in [2.05, 4.69) is 15.7 Å². The van der Waals surface area contributed by atoms with E-state index < -0.39 is 5.91 Å². The van der Waals surface area contributed by atoms with Gasteiger partial charge in [-0.05, 0) is 18.2 Å². The van der Waals surface area contributed by atoms with E-state index in [1.165, 1.54) is 21.3 Å². The van der Waals surface area contributed by atoms with Gasteiger partial charge in [0, 0.05) is 30.1 Å². The van der Waals surface area contributed by atoms with Crippen LogP contribution in [0.2, 0.25) is 0 Å². The number of aromatic nitrogens is 2. The molecule has 1 aromatic heterocycles. The maximum atomic E-state index is 13.2. The standard InChI is InChI=1S/C25H22N4O5/c1-29-25(32)17-12-8-7-11-16(17)22(28-29)24(31)27-19-14-20(33-2)18(13-21(19)34-3)26-23(30)15-9-5-4-6-10-15/h4-14H,1-3H3,(H,26,30)(H,27,31). The number of anilines is 2. The molecule has 1 heterocycles. The number of rotatable bonds is 6. The van der Waals surface area contributed by atoms with Crippen molar-refractivity contribution in [3.05, 3.63) is 88.3 Å². The number of benzene rings is 3. The van der Waals surface area contributed by atoms with Crippen molar-refractivity contribution in [1.82, 2.24) is 9.78 Å². The van der Waals surface area contributed by atoms with E-state index in [4.69, 9.17) is 9.47 Å². The first kappa shape index (κ1) is 22.5. The molecule has 3 aromatic carbocycles. The van der Waals surface area contributed by atoms with Crippen LogP contribution in [0.15, 0.2) is 71.5 Å². The van der Waals surface area contributed by atoms with Gasteiger partial charge in [0.15, 0.2) is 5.69 Å². The third-order valence-electron chi connectivity index (χ3n) is 5.23. The van der Waals surface area contributed by atoms with Crippen molar-refractivity contribution >= 4 is 34.0 Å². The van der Waals surface area contributed by atoms with Gasteiger partial charge in [0.1, 0.15) is 11.5 Å². The second kappa shape index (κ2) is 9.45. The molecule has 172 valence electrons. The molecule has 34 heavy (non-hydrogen) atoms. The Morgan fingerprint density at radius 3 is 1.91 bits per heavy atom. The summed E-state index contributed by atoms with van der Waals surface area (Å²) >= 11 is 0. The predicted octanol–water partition coefficient (Wildman–Crippen LogP) is 3.46. The Labute approximate surface area is 194 Å². The predicted molar refractivity (Wildman–Crippen MR) is 129 cm³/mol. The fourth-order valence-corrected chi connectivity index (χ4v) is 3.53. The minimum absolute atomic E-state index is 0.0835. The summed E-state index contributed by atoms with van der Waals surface area (Å²) in [5.41, 5.74) is 0.942. The molecule has 2 N–H and O–H groups in total. The maximum absolute atomic E-state index is 13.2. The third kappa shape index (κ3) is 4.31. The van der Waals surface area contributed by atoms with E-state index in [1.54, 1.807) is 60.7 Å². The highest BCUT2D eigenvalue weighted by atomic mass is 16.5. The van der Waals surface area contributed by atoms with Gasteiger partial charge in [-0.15, -0.1) is 0 Å². The van der Waals surface area contributed by atoms with Crippen molar-refractivity contribution in [3.8, 4) is 11.5 Å². The number of hydrogen-bond donors (Lipinski definition) is 2. The monoisotopic (exact) mass is 458 g/mol. The average molecular weight is 458 g/mol. The molecule has 0 saturated heterocycles. The van der Waals surface area contributed by atoms with E-state index in [0.29, 0.717) is 39.2 Å². The lowest BCUT2D eigenvalue weighted by Crippen LogP contribution is -2.25. The number of hydrogen-bond acceptors (Lipinski definition) is 6. The maximum Gasteiger partial charge on any atom is 0.276 e. The molecule has 9 heteroatoms. The van der Waals surface area contributed by atoms with Crippen LogP contribution in [0.1, 0.15) is 20.8 Å². The third-order valence-corrected chi connectivity index (χ3v) is 5.23. The van der Waals surface area contributed by atoms with Crippen LogP contribution in [-0.4, -0.2) is 35.8 Å². The quantitative estimate of drug-likeness (QED) is 0.458. The molecule has 0 aliphatic carbocycles. The molecule has 0 spiro atoms. The first-order valence-electron chi connectivity index (χ1n) is 10.3. The SMILES string of the molecule is COc1cc(NC(=O)c2nn(C)c(=O)c3ccccc23)c(OC)cc1NC(=O)c1ccccc1. The summed E-state index contributed by atoms with van der Waals surface area (Å²) in [5, 5.41) is 10.5.